The number of nitrogens with one attached hydrogen (secondary N) is 1. The van der Waals surface area contributed by atoms with E-state index < -0.39 is 4.92 Å². The van der Waals surface area contributed by atoms with Crippen LogP contribution < -0.4 is 11.1 Å². The third kappa shape index (κ3) is 3.17. The molecule has 0 aliphatic heterocycles. The Hall–Kier alpha value is -3.42. The van der Waals surface area contributed by atoms with E-state index in [-0.39, 0.29) is 24.1 Å². The highest BCUT2D eigenvalue weighted by Gasteiger charge is 2.15. The van der Waals surface area contributed by atoms with E-state index in [2.05, 4.69) is 10.3 Å². The summed E-state index contributed by atoms with van der Waals surface area (Å²) in [5.74, 6) is -0.0800. The fourth-order valence-electron chi connectivity index (χ4n) is 2.41. The number of hydrogen-bond donors (Lipinski definition) is 2. The van der Waals surface area contributed by atoms with Gasteiger partial charge in [0.15, 0.2) is 0 Å². The lowest BCUT2D eigenvalue weighted by Crippen LogP contribution is -2.27. The van der Waals surface area contributed by atoms with E-state index in [1.54, 1.807) is 6.07 Å². The molecule has 0 saturated carbocycles. The number of imidazole rings is 1. The van der Waals surface area contributed by atoms with Gasteiger partial charge in [0.05, 0.1) is 16.0 Å². The number of amides is 1. The zero-order valence-electron chi connectivity index (χ0n) is 12.7. The highest BCUT2D eigenvalue weighted by atomic mass is 16.6. The van der Waals surface area contributed by atoms with Gasteiger partial charge in [-0.05, 0) is 11.6 Å². The summed E-state index contributed by atoms with van der Waals surface area (Å²) < 4.78 is 1.53. The number of nitro benzene ring substituents is 1. The molecule has 122 valence electrons. The minimum absolute atomic E-state index is 0.00697. The van der Waals surface area contributed by atoms with Gasteiger partial charge in [-0.2, -0.15) is 0 Å². The van der Waals surface area contributed by atoms with Gasteiger partial charge in [-0.25, -0.2) is 4.98 Å². The van der Waals surface area contributed by atoms with Crippen LogP contribution in [0.4, 0.5) is 11.6 Å². The SMILES string of the molecule is Nc1nc2cc([N+](=O)[O-])ccc2n1CC(=O)NCc1ccccc1. The Morgan fingerprint density at radius 3 is 2.71 bits per heavy atom. The molecule has 0 fully saturated rings. The summed E-state index contributed by atoms with van der Waals surface area (Å²) in [4.78, 5) is 26.5. The number of nitrogen functional groups attached to an aromatic ring is 1. The van der Waals surface area contributed by atoms with Crippen LogP contribution in [0.5, 0.6) is 0 Å². The molecular formula is C16H15N5O3. The minimum Gasteiger partial charge on any atom is -0.369 e. The standard InChI is InChI=1S/C16H15N5O3/c17-16-19-13-8-12(21(23)24)6-7-14(13)20(16)10-15(22)18-9-11-4-2-1-3-5-11/h1-8H,9-10H2,(H2,17,19)(H,18,22). The van der Waals surface area contributed by atoms with E-state index in [9.17, 15) is 14.9 Å². The number of nitrogens with two attached hydrogens (primary N) is 1. The Morgan fingerprint density at radius 1 is 1.25 bits per heavy atom. The van der Waals surface area contributed by atoms with E-state index in [0.717, 1.165) is 5.56 Å². The van der Waals surface area contributed by atoms with Crippen LogP contribution in [-0.2, 0) is 17.9 Å². The summed E-state index contributed by atoms with van der Waals surface area (Å²) in [6, 6.07) is 13.8. The number of benzene rings is 2. The van der Waals surface area contributed by atoms with Crippen molar-refractivity contribution in [2.45, 2.75) is 13.1 Å². The molecule has 0 radical (unpaired) electrons. The predicted octanol–water partition coefficient (Wildman–Crippen LogP) is 1.84. The predicted molar refractivity (Wildman–Crippen MR) is 89.1 cm³/mol. The van der Waals surface area contributed by atoms with Gasteiger partial charge in [0, 0.05) is 18.7 Å². The number of carbonyl (C=O) groups is 1. The fourth-order valence-corrected chi connectivity index (χ4v) is 2.41. The molecule has 24 heavy (non-hydrogen) atoms. The van der Waals surface area contributed by atoms with Gasteiger partial charge in [-0.1, -0.05) is 30.3 Å². The number of nitrogens with zero attached hydrogens (tertiary/aromatic N) is 3. The maximum Gasteiger partial charge on any atom is 0.271 e. The number of non-ortho nitro benzene ring substituents is 1. The van der Waals surface area contributed by atoms with Gasteiger partial charge in [0.25, 0.3) is 5.69 Å². The van der Waals surface area contributed by atoms with Crippen molar-refractivity contribution in [2.24, 2.45) is 0 Å². The number of nitro groups is 1. The van der Waals surface area contributed by atoms with E-state index >= 15 is 0 Å². The molecule has 0 aliphatic rings. The van der Waals surface area contributed by atoms with Crippen molar-refractivity contribution in [3.63, 3.8) is 0 Å². The minimum atomic E-state index is -0.499. The van der Waals surface area contributed by atoms with E-state index in [1.165, 1.54) is 16.7 Å². The normalized spacial score (nSPS) is 10.7. The Kier molecular flexibility index (Phi) is 4.11. The summed E-state index contributed by atoms with van der Waals surface area (Å²) in [6.07, 6.45) is 0. The van der Waals surface area contributed by atoms with Crippen molar-refractivity contribution >= 4 is 28.6 Å². The average Bonchev–Trinajstić information content (AvgIpc) is 2.89. The van der Waals surface area contributed by atoms with Gasteiger partial charge in [-0.3, -0.25) is 14.9 Å². The summed E-state index contributed by atoms with van der Waals surface area (Å²) in [7, 11) is 0. The van der Waals surface area contributed by atoms with E-state index in [0.29, 0.717) is 17.6 Å². The molecule has 1 aromatic heterocycles. The summed E-state index contributed by atoms with van der Waals surface area (Å²) in [5.41, 5.74) is 7.72. The molecule has 0 bridgehead atoms. The van der Waals surface area contributed by atoms with Crippen molar-refractivity contribution in [1.82, 2.24) is 14.9 Å². The van der Waals surface area contributed by atoms with Crippen LogP contribution in [0, 0.1) is 10.1 Å². The second-order valence-corrected chi connectivity index (χ2v) is 5.25. The fraction of sp³-hybridized carbons (Fsp3) is 0.125. The Labute approximate surface area is 137 Å². The number of fused-ring (bicyclic) bond motifs is 1. The number of anilines is 1. The van der Waals surface area contributed by atoms with Gasteiger partial charge in [0.1, 0.15) is 6.54 Å². The van der Waals surface area contributed by atoms with Crippen molar-refractivity contribution < 1.29 is 9.72 Å². The Morgan fingerprint density at radius 2 is 2.00 bits per heavy atom. The molecule has 3 aromatic rings. The van der Waals surface area contributed by atoms with Gasteiger partial charge in [0.2, 0.25) is 11.9 Å². The second kappa shape index (κ2) is 6.37. The maximum atomic E-state index is 12.1. The molecule has 0 saturated heterocycles. The molecule has 0 atom stereocenters. The smallest absolute Gasteiger partial charge is 0.271 e. The molecule has 1 heterocycles. The summed E-state index contributed by atoms with van der Waals surface area (Å²) in [5, 5.41) is 13.6. The van der Waals surface area contributed by atoms with Crippen LogP contribution in [0.2, 0.25) is 0 Å². The lowest BCUT2D eigenvalue weighted by molar-refractivity contribution is -0.384. The lowest BCUT2D eigenvalue weighted by Gasteiger charge is -2.08. The lowest BCUT2D eigenvalue weighted by atomic mass is 10.2. The first-order valence-electron chi connectivity index (χ1n) is 7.25. The highest BCUT2D eigenvalue weighted by Crippen LogP contribution is 2.22. The summed E-state index contributed by atoms with van der Waals surface area (Å²) in [6.45, 7) is 0.407. The summed E-state index contributed by atoms with van der Waals surface area (Å²) >= 11 is 0. The molecule has 1 amide bonds. The van der Waals surface area contributed by atoms with E-state index in [4.69, 9.17) is 5.73 Å². The zero-order chi connectivity index (χ0) is 17.1. The first-order valence-corrected chi connectivity index (χ1v) is 7.25. The van der Waals surface area contributed by atoms with Crippen molar-refractivity contribution in [3.05, 3.63) is 64.2 Å². The molecule has 8 heteroatoms. The van der Waals surface area contributed by atoms with Crippen LogP contribution in [0.25, 0.3) is 11.0 Å². The van der Waals surface area contributed by atoms with Crippen LogP contribution >= 0.6 is 0 Å². The molecule has 3 N–H and O–H groups in total. The molecule has 0 spiro atoms. The van der Waals surface area contributed by atoms with Crippen LogP contribution in [0.15, 0.2) is 48.5 Å². The molecule has 0 aliphatic carbocycles. The first kappa shape index (κ1) is 15.5. The van der Waals surface area contributed by atoms with Crippen LogP contribution in [0.3, 0.4) is 0 Å². The molecule has 3 rings (SSSR count). The molecule has 2 aromatic carbocycles. The van der Waals surface area contributed by atoms with E-state index in [1.807, 2.05) is 30.3 Å². The number of carbonyl (C=O) groups excluding carboxylic acids is 1. The van der Waals surface area contributed by atoms with Crippen molar-refractivity contribution in [3.8, 4) is 0 Å². The second-order valence-electron chi connectivity index (χ2n) is 5.25. The topological polar surface area (TPSA) is 116 Å². The van der Waals surface area contributed by atoms with Gasteiger partial charge < -0.3 is 15.6 Å². The quantitative estimate of drug-likeness (QED) is 0.548. The first-order chi connectivity index (χ1) is 11.5. The monoisotopic (exact) mass is 325 g/mol. The molecule has 0 unspecified atom stereocenters. The zero-order valence-corrected chi connectivity index (χ0v) is 12.7. The van der Waals surface area contributed by atoms with Crippen LogP contribution in [0.1, 0.15) is 5.56 Å². The van der Waals surface area contributed by atoms with Gasteiger partial charge >= 0.3 is 0 Å². The largest absolute Gasteiger partial charge is 0.369 e. The van der Waals surface area contributed by atoms with Crippen LogP contribution in [-0.4, -0.2) is 20.4 Å². The third-order valence-electron chi connectivity index (χ3n) is 3.61. The van der Waals surface area contributed by atoms with Crippen molar-refractivity contribution in [2.75, 3.05) is 5.73 Å². The molecule has 8 nitrogen and oxygen atoms in total. The number of rotatable bonds is 5. The number of aromatic nitrogens is 2. The number of hydrogen-bond acceptors (Lipinski definition) is 5. The van der Waals surface area contributed by atoms with Crippen molar-refractivity contribution in [1.29, 1.82) is 0 Å². The Balaban J connectivity index is 1.75. The maximum absolute atomic E-state index is 12.1. The highest BCUT2D eigenvalue weighted by molar-refractivity contribution is 5.84. The third-order valence-corrected chi connectivity index (χ3v) is 3.61. The molecular weight excluding hydrogens is 310 g/mol. The average molecular weight is 325 g/mol. The van der Waals surface area contributed by atoms with Gasteiger partial charge in [-0.15, -0.1) is 0 Å². The Bertz CT molecular complexity index is 905.